The minimum Gasteiger partial charge on any atom is -0.494 e. The van der Waals surface area contributed by atoms with Crippen molar-refractivity contribution in [1.29, 1.82) is 0 Å². The molecule has 8 heteroatoms. The van der Waals surface area contributed by atoms with Gasteiger partial charge in [0.15, 0.2) is 0 Å². The maximum Gasteiger partial charge on any atom is 0.237 e. The highest BCUT2D eigenvalue weighted by molar-refractivity contribution is 8.00. The lowest BCUT2D eigenvalue weighted by Gasteiger charge is -2.13. The molecule has 0 aliphatic carbocycles. The Balaban J connectivity index is 1.78. The average molecular weight is 383 g/mol. The molecule has 1 atom stereocenters. The zero-order valence-electron chi connectivity index (χ0n) is 15.6. The predicted molar refractivity (Wildman–Crippen MR) is 106 cm³/mol. The van der Waals surface area contributed by atoms with Gasteiger partial charge in [0.1, 0.15) is 11.4 Å². The fourth-order valence-electron chi connectivity index (χ4n) is 2.55. The Morgan fingerprint density at radius 3 is 2.70 bits per heavy atom. The van der Waals surface area contributed by atoms with E-state index in [0.29, 0.717) is 10.9 Å². The summed E-state index contributed by atoms with van der Waals surface area (Å²) < 4.78 is 7.01. The second kappa shape index (κ2) is 8.22. The number of ether oxygens (including phenoxy) is 1. The molecule has 7 nitrogen and oxygen atoms in total. The molecule has 1 heterocycles. The standard InChI is InChI=1S/C19H21N5O2S/c1-12-6-5-7-15(10-12)20-18(25)14(3)27-19-21-22-23-24(19)16-11-13(2)8-9-17(16)26-4/h5-11,14H,1-4H3,(H,20,25). The lowest BCUT2D eigenvalue weighted by atomic mass is 10.2. The number of carbonyl (C=O) groups is 1. The smallest absolute Gasteiger partial charge is 0.237 e. The summed E-state index contributed by atoms with van der Waals surface area (Å²) in [7, 11) is 1.60. The minimum atomic E-state index is -0.383. The maximum atomic E-state index is 12.5. The van der Waals surface area contributed by atoms with E-state index < -0.39 is 0 Å². The number of hydrogen-bond donors (Lipinski definition) is 1. The van der Waals surface area contributed by atoms with Crippen LogP contribution in [0.1, 0.15) is 18.1 Å². The monoisotopic (exact) mass is 383 g/mol. The zero-order valence-corrected chi connectivity index (χ0v) is 16.4. The van der Waals surface area contributed by atoms with Crippen molar-refractivity contribution >= 4 is 23.4 Å². The van der Waals surface area contributed by atoms with E-state index in [1.807, 2.05) is 63.2 Å². The first-order valence-electron chi connectivity index (χ1n) is 8.45. The van der Waals surface area contributed by atoms with Crippen LogP contribution >= 0.6 is 11.8 Å². The van der Waals surface area contributed by atoms with Crippen molar-refractivity contribution in [3.8, 4) is 11.4 Å². The molecule has 1 aromatic heterocycles. The first kappa shape index (κ1) is 18.9. The minimum absolute atomic E-state index is 0.114. The number of anilines is 1. The third-order valence-electron chi connectivity index (χ3n) is 3.94. The highest BCUT2D eigenvalue weighted by Crippen LogP contribution is 2.29. The molecule has 3 aromatic rings. The van der Waals surface area contributed by atoms with Gasteiger partial charge in [-0.15, -0.1) is 5.10 Å². The fraction of sp³-hybridized carbons (Fsp3) is 0.263. The molecular formula is C19H21N5O2S. The number of nitrogens with zero attached hydrogens (tertiary/aromatic N) is 4. The van der Waals surface area contributed by atoms with Crippen LogP contribution in [-0.2, 0) is 4.79 Å². The molecule has 3 rings (SSSR count). The van der Waals surface area contributed by atoms with Gasteiger partial charge in [-0.25, -0.2) is 0 Å². The van der Waals surface area contributed by atoms with E-state index in [-0.39, 0.29) is 11.2 Å². The van der Waals surface area contributed by atoms with Gasteiger partial charge in [0.2, 0.25) is 11.1 Å². The molecule has 0 bridgehead atoms. The summed E-state index contributed by atoms with van der Waals surface area (Å²) in [5.41, 5.74) is 3.65. The van der Waals surface area contributed by atoms with E-state index in [4.69, 9.17) is 4.74 Å². The Morgan fingerprint density at radius 2 is 1.96 bits per heavy atom. The SMILES string of the molecule is COc1ccc(C)cc1-n1nnnc1SC(C)C(=O)Nc1cccc(C)c1. The van der Waals surface area contributed by atoms with Gasteiger partial charge in [-0.1, -0.05) is 30.0 Å². The van der Waals surface area contributed by atoms with Gasteiger partial charge in [-0.05, 0) is 66.6 Å². The molecule has 0 radical (unpaired) electrons. The number of rotatable bonds is 6. The summed E-state index contributed by atoms with van der Waals surface area (Å²) in [4.78, 5) is 12.5. The van der Waals surface area contributed by atoms with Crippen LogP contribution in [0.3, 0.4) is 0 Å². The molecule has 0 fully saturated rings. The number of methoxy groups -OCH3 is 1. The maximum absolute atomic E-state index is 12.5. The van der Waals surface area contributed by atoms with Crippen LogP contribution in [0.4, 0.5) is 5.69 Å². The Labute approximate surface area is 162 Å². The van der Waals surface area contributed by atoms with Crippen molar-refractivity contribution in [2.75, 3.05) is 12.4 Å². The number of benzene rings is 2. The topological polar surface area (TPSA) is 81.9 Å². The van der Waals surface area contributed by atoms with Gasteiger partial charge in [0.25, 0.3) is 0 Å². The molecule has 0 aliphatic rings. The van der Waals surface area contributed by atoms with Crippen molar-refractivity contribution < 1.29 is 9.53 Å². The Bertz CT molecular complexity index is 957. The molecule has 140 valence electrons. The second-order valence-corrected chi connectivity index (χ2v) is 7.48. The van der Waals surface area contributed by atoms with E-state index in [0.717, 1.165) is 22.5 Å². The quantitative estimate of drug-likeness (QED) is 0.657. The summed E-state index contributed by atoms with van der Waals surface area (Å²) in [6, 6.07) is 13.5. The van der Waals surface area contributed by atoms with Crippen molar-refractivity contribution in [2.24, 2.45) is 0 Å². The second-order valence-electron chi connectivity index (χ2n) is 6.17. The highest BCUT2D eigenvalue weighted by Gasteiger charge is 2.21. The lowest BCUT2D eigenvalue weighted by Crippen LogP contribution is -2.23. The van der Waals surface area contributed by atoms with Crippen molar-refractivity contribution in [1.82, 2.24) is 20.2 Å². The van der Waals surface area contributed by atoms with Gasteiger partial charge in [0.05, 0.1) is 12.4 Å². The molecule has 0 saturated heterocycles. The average Bonchev–Trinajstić information content (AvgIpc) is 3.09. The van der Waals surface area contributed by atoms with Gasteiger partial charge in [-0.2, -0.15) is 4.68 Å². The van der Waals surface area contributed by atoms with Crippen LogP contribution in [0.25, 0.3) is 5.69 Å². The van der Waals surface area contributed by atoms with E-state index in [1.54, 1.807) is 11.8 Å². The predicted octanol–water partition coefficient (Wildman–Crippen LogP) is 3.41. The first-order chi connectivity index (χ1) is 13.0. The van der Waals surface area contributed by atoms with E-state index in [1.165, 1.54) is 11.8 Å². The van der Waals surface area contributed by atoms with Gasteiger partial charge in [-0.3, -0.25) is 4.79 Å². The number of thioether (sulfide) groups is 1. The van der Waals surface area contributed by atoms with Crippen LogP contribution in [0.15, 0.2) is 47.6 Å². The normalized spacial score (nSPS) is 11.9. The van der Waals surface area contributed by atoms with Crippen LogP contribution in [0.5, 0.6) is 5.75 Å². The molecule has 1 amide bonds. The van der Waals surface area contributed by atoms with Gasteiger partial charge in [0, 0.05) is 5.69 Å². The largest absolute Gasteiger partial charge is 0.494 e. The number of aromatic nitrogens is 4. The Kier molecular flexibility index (Phi) is 5.75. The number of nitrogens with one attached hydrogen (secondary N) is 1. The summed E-state index contributed by atoms with van der Waals surface area (Å²) in [5.74, 6) is 0.544. The van der Waals surface area contributed by atoms with Crippen LogP contribution in [0, 0.1) is 13.8 Å². The number of carbonyl (C=O) groups excluding carboxylic acids is 1. The summed E-state index contributed by atoms with van der Waals surface area (Å²) in [5, 5.41) is 15.0. The molecule has 27 heavy (non-hydrogen) atoms. The molecule has 0 aliphatic heterocycles. The third-order valence-corrected chi connectivity index (χ3v) is 4.97. The van der Waals surface area contributed by atoms with Gasteiger partial charge >= 0.3 is 0 Å². The van der Waals surface area contributed by atoms with Crippen molar-refractivity contribution in [3.05, 3.63) is 53.6 Å². The van der Waals surface area contributed by atoms with E-state index in [9.17, 15) is 4.79 Å². The van der Waals surface area contributed by atoms with Crippen LogP contribution in [-0.4, -0.2) is 38.5 Å². The molecular weight excluding hydrogens is 362 g/mol. The third kappa shape index (κ3) is 4.46. The van der Waals surface area contributed by atoms with E-state index in [2.05, 4.69) is 20.8 Å². The van der Waals surface area contributed by atoms with Crippen molar-refractivity contribution in [3.63, 3.8) is 0 Å². The van der Waals surface area contributed by atoms with Crippen molar-refractivity contribution in [2.45, 2.75) is 31.2 Å². The highest BCUT2D eigenvalue weighted by atomic mass is 32.2. The molecule has 0 spiro atoms. The number of amides is 1. The number of hydrogen-bond acceptors (Lipinski definition) is 6. The number of tetrazole rings is 1. The molecule has 1 unspecified atom stereocenters. The van der Waals surface area contributed by atoms with E-state index >= 15 is 0 Å². The summed E-state index contributed by atoms with van der Waals surface area (Å²) >= 11 is 1.29. The molecule has 2 aromatic carbocycles. The first-order valence-corrected chi connectivity index (χ1v) is 9.33. The Hall–Kier alpha value is -2.87. The Morgan fingerprint density at radius 1 is 1.19 bits per heavy atom. The fourth-order valence-corrected chi connectivity index (χ4v) is 3.35. The van der Waals surface area contributed by atoms with Crippen LogP contribution in [0.2, 0.25) is 0 Å². The zero-order chi connectivity index (χ0) is 19.4. The van der Waals surface area contributed by atoms with Gasteiger partial charge < -0.3 is 10.1 Å². The molecule has 0 saturated carbocycles. The van der Waals surface area contributed by atoms with Crippen LogP contribution < -0.4 is 10.1 Å². The number of aryl methyl sites for hydroxylation is 2. The summed E-state index contributed by atoms with van der Waals surface area (Å²) in [6.07, 6.45) is 0. The lowest BCUT2D eigenvalue weighted by molar-refractivity contribution is -0.115. The summed E-state index contributed by atoms with van der Waals surface area (Å²) in [6.45, 7) is 5.79. The molecule has 1 N–H and O–H groups in total.